The number of hydrogen-bond donors (Lipinski definition) is 2. The Morgan fingerprint density at radius 1 is 1.23 bits per heavy atom. The summed E-state index contributed by atoms with van der Waals surface area (Å²) >= 11 is 0. The Bertz CT molecular complexity index is 251. The van der Waals surface area contributed by atoms with Crippen LogP contribution in [0.5, 0.6) is 0 Å². The summed E-state index contributed by atoms with van der Waals surface area (Å²) in [6.07, 6.45) is 5.50. The molecule has 0 heterocycles. The molecular formula is C8H18N2O2S. The summed E-state index contributed by atoms with van der Waals surface area (Å²) in [5.74, 6) is 0.404. The van der Waals surface area contributed by atoms with Crippen molar-refractivity contribution in [3.8, 4) is 0 Å². The van der Waals surface area contributed by atoms with Crippen LogP contribution < -0.4 is 9.86 Å². The number of nitrogens with one attached hydrogen (secondary N) is 1. The highest BCUT2D eigenvalue weighted by Gasteiger charge is 2.22. The SMILES string of the molecule is CC1CCCCCC1NS(N)(=O)=O. The van der Waals surface area contributed by atoms with Gasteiger partial charge in [0.1, 0.15) is 0 Å². The van der Waals surface area contributed by atoms with Crippen LogP contribution in [0.15, 0.2) is 0 Å². The molecule has 0 bridgehead atoms. The van der Waals surface area contributed by atoms with Crippen LogP contribution in [0.3, 0.4) is 0 Å². The highest BCUT2D eigenvalue weighted by Crippen LogP contribution is 2.22. The largest absolute Gasteiger partial charge is 0.274 e. The molecule has 2 atom stereocenters. The van der Waals surface area contributed by atoms with Crippen molar-refractivity contribution in [2.75, 3.05) is 0 Å². The summed E-state index contributed by atoms with van der Waals surface area (Å²) < 4.78 is 24.1. The van der Waals surface area contributed by atoms with E-state index in [4.69, 9.17) is 5.14 Å². The molecule has 78 valence electrons. The van der Waals surface area contributed by atoms with Gasteiger partial charge in [-0.2, -0.15) is 13.1 Å². The summed E-state index contributed by atoms with van der Waals surface area (Å²) in [4.78, 5) is 0. The summed E-state index contributed by atoms with van der Waals surface area (Å²) in [7, 11) is -3.52. The summed E-state index contributed by atoms with van der Waals surface area (Å²) in [5, 5.41) is 4.94. The molecule has 5 heteroatoms. The second-order valence-electron chi connectivity index (χ2n) is 3.88. The lowest BCUT2D eigenvalue weighted by Crippen LogP contribution is -2.42. The van der Waals surface area contributed by atoms with Crippen molar-refractivity contribution in [2.24, 2.45) is 11.1 Å². The second kappa shape index (κ2) is 4.39. The van der Waals surface area contributed by atoms with Crippen LogP contribution in [-0.2, 0) is 10.2 Å². The number of rotatable bonds is 2. The van der Waals surface area contributed by atoms with E-state index < -0.39 is 10.2 Å². The van der Waals surface area contributed by atoms with Gasteiger partial charge in [0, 0.05) is 6.04 Å². The Labute approximate surface area is 80.1 Å². The molecule has 1 saturated carbocycles. The van der Waals surface area contributed by atoms with E-state index in [1.54, 1.807) is 0 Å². The first-order valence-electron chi connectivity index (χ1n) is 4.79. The molecule has 0 aromatic heterocycles. The highest BCUT2D eigenvalue weighted by molar-refractivity contribution is 7.87. The van der Waals surface area contributed by atoms with E-state index in [0.717, 1.165) is 19.3 Å². The molecule has 13 heavy (non-hydrogen) atoms. The lowest BCUT2D eigenvalue weighted by atomic mass is 9.98. The van der Waals surface area contributed by atoms with Crippen molar-refractivity contribution in [3.63, 3.8) is 0 Å². The third-order valence-corrected chi connectivity index (χ3v) is 3.31. The van der Waals surface area contributed by atoms with Gasteiger partial charge in [-0.15, -0.1) is 0 Å². The quantitative estimate of drug-likeness (QED) is 0.654. The molecule has 4 nitrogen and oxygen atoms in total. The number of nitrogens with two attached hydrogens (primary N) is 1. The van der Waals surface area contributed by atoms with E-state index in [-0.39, 0.29) is 6.04 Å². The Morgan fingerprint density at radius 3 is 2.46 bits per heavy atom. The van der Waals surface area contributed by atoms with Gasteiger partial charge in [-0.3, -0.25) is 0 Å². The predicted octanol–water partition coefficient (Wildman–Crippen LogP) is 0.748. The summed E-state index contributed by atoms with van der Waals surface area (Å²) in [5.41, 5.74) is 0. The van der Waals surface area contributed by atoms with Gasteiger partial charge in [0.25, 0.3) is 10.2 Å². The van der Waals surface area contributed by atoms with Crippen molar-refractivity contribution < 1.29 is 8.42 Å². The minimum absolute atomic E-state index is 0.0394. The Hall–Kier alpha value is -0.130. The van der Waals surface area contributed by atoms with Crippen LogP contribution in [0.1, 0.15) is 39.0 Å². The first-order valence-corrected chi connectivity index (χ1v) is 6.34. The van der Waals surface area contributed by atoms with Crippen LogP contribution in [0.4, 0.5) is 0 Å². The third-order valence-electron chi connectivity index (χ3n) is 2.68. The first kappa shape index (κ1) is 10.9. The van der Waals surface area contributed by atoms with E-state index in [1.165, 1.54) is 12.8 Å². The lowest BCUT2D eigenvalue weighted by molar-refractivity contribution is 0.399. The Balaban J connectivity index is 2.55. The highest BCUT2D eigenvalue weighted by atomic mass is 32.2. The molecule has 1 aliphatic carbocycles. The van der Waals surface area contributed by atoms with E-state index in [2.05, 4.69) is 11.6 Å². The fourth-order valence-electron chi connectivity index (χ4n) is 1.88. The predicted molar refractivity (Wildman–Crippen MR) is 52.3 cm³/mol. The van der Waals surface area contributed by atoms with Gasteiger partial charge >= 0.3 is 0 Å². The van der Waals surface area contributed by atoms with Crippen molar-refractivity contribution in [2.45, 2.75) is 45.1 Å². The molecule has 0 aromatic rings. The molecule has 0 amide bonds. The van der Waals surface area contributed by atoms with Crippen molar-refractivity contribution in [1.82, 2.24) is 4.72 Å². The van der Waals surface area contributed by atoms with E-state index in [1.807, 2.05) is 0 Å². The van der Waals surface area contributed by atoms with Gasteiger partial charge in [-0.25, -0.2) is 5.14 Å². The van der Waals surface area contributed by atoms with Crippen molar-refractivity contribution >= 4 is 10.2 Å². The zero-order chi connectivity index (χ0) is 9.90. The zero-order valence-electron chi connectivity index (χ0n) is 7.99. The standard InChI is InChI=1S/C8H18N2O2S/c1-7-5-3-2-4-6-8(7)10-13(9,11)12/h7-8,10H,2-6H2,1H3,(H2,9,11,12). The molecule has 0 radical (unpaired) electrons. The van der Waals surface area contributed by atoms with Crippen molar-refractivity contribution in [3.05, 3.63) is 0 Å². The lowest BCUT2D eigenvalue weighted by Gasteiger charge is -2.20. The van der Waals surface area contributed by atoms with Gasteiger partial charge in [0.2, 0.25) is 0 Å². The maximum Gasteiger partial charge on any atom is 0.274 e. The maximum atomic E-state index is 10.8. The smallest absolute Gasteiger partial charge is 0.216 e. The first-order chi connectivity index (χ1) is 5.99. The third kappa shape index (κ3) is 4.06. The van der Waals surface area contributed by atoms with Crippen LogP contribution >= 0.6 is 0 Å². The molecule has 0 saturated heterocycles. The van der Waals surface area contributed by atoms with Crippen LogP contribution in [0.25, 0.3) is 0 Å². The van der Waals surface area contributed by atoms with E-state index in [0.29, 0.717) is 5.92 Å². The van der Waals surface area contributed by atoms with Gasteiger partial charge in [-0.05, 0) is 18.8 Å². The van der Waals surface area contributed by atoms with Gasteiger partial charge < -0.3 is 0 Å². The van der Waals surface area contributed by atoms with Gasteiger partial charge in [0.05, 0.1) is 0 Å². The summed E-state index contributed by atoms with van der Waals surface area (Å²) in [6, 6.07) is 0.0394. The normalized spacial score (nSPS) is 31.2. The molecule has 0 aliphatic heterocycles. The van der Waals surface area contributed by atoms with Crippen LogP contribution in [0, 0.1) is 5.92 Å². The Morgan fingerprint density at radius 2 is 1.85 bits per heavy atom. The van der Waals surface area contributed by atoms with E-state index >= 15 is 0 Å². The fraction of sp³-hybridized carbons (Fsp3) is 1.00. The average Bonchev–Trinajstić information content (AvgIpc) is 2.14. The zero-order valence-corrected chi connectivity index (χ0v) is 8.81. The Kier molecular flexibility index (Phi) is 3.70. The van der Waals surface area contributed by atoms with Crippen LogP contribution in [-0.4, -0.2) is 14.5 Å². The number of hydrogen-bond acceptors (Lipinski definition) is 2. The average molecular weight is 206 g/mol. The fourth-order valence-corrected chi connectivity index (χ4v) is 2.65. The van der Waals surface area contributed by atoms with E-state index in [9.17, 15) is 8.42 Å². The second-order valence-corrected chi connectivity index (χ2v) is 5.21. The monoisotopic (exact) mass is 206 g/mol. The molecule has 0 aromatic carbocycles. The minimum Gasteiger partial charge on any atom is -0.216 e. The van der Waals surface area contributed by atoms with Gasteiger partial charge in [0.15, 0.2) is 0 Å². The van der Waals surface area contributed by atoms with Gasteiger partial charge in [-0.1, -0.05) is 26.2 Å². The molecule has 1 rings (SSSR count). The molecule has 2 unspecified atom stereocenters. The van der Waals surface area contributed by atoms with Crippen molar-refractivity contribution in [1.29, 1.82) is 0 Å². The summed E-state index contributed by atoms with van der Waals surface area (Å²) in [6.45, 7) is 2.08. The topological polar surface area (TPSA) is 72.2 Å². The molecule has 3 N–H and O–H groups in total. The molecule has 1 fully saturated rings. The van der Waals surface area contributed by atoms with Crippen LogP contribution in [0.2, 0.25) is 0 Å². The molecule has 0 spiro atoms. The minimum atomic E-state index is -3.52. The molecular weight excluding hydrogens is 188 g/mol. The maximum absolute atomic E-state index is 10.8. The molecule has 1 aliphatic rings.